The number of rotatable bonds is 2. The molecule has 0 aliphatic carbocycles. The SMILES string of the molecule is CNc1cccc(C2Oc3ccccc3N(C)C2=O)c1. The molecular formula is C16H16N2O2. The summed E-state index contributed by atoms with van der Waals surface area (Å²) in [6.07, 6.45) is -0.594. The average Bonchev–Trinajstić information content (AvgIpc) is 2.51. The number of ether oxygens (including phenoxy) is 1. The van der Waals surface area contributed by atoms with Crippen LogP contribution in [0.25, 0.3) is 0 Å². The van der Waals surface area contributed by atoms with E-state index in [2.05, 4.69) is 5.32 Å². The van der Waals surface area contributed by atoms with Crippen molar-refractivity contribution in [3.63, 3.8) is 0 Å². The van der Waals surface area contributed by atoms with Crippen LogP contribution in [0.15, 0.2) is 48.5 Å². The molecule has 0 saturated heterocycles. The minimum absolute atomic E-state index is 0.0584. The highest BCUT2D eigenvalue weighted by atomic mass is 16.5. The van der Waals surface area contributed by atoms with Gasteiger partial charge in [0.1, 0.15) is 5.75 Å². The van der Waals surface area contributed by atoms with E-state index in [4.69, 9.17) is 4.74 Å². The normalized spacial score (nSPS) is 17.4. The van der Waals surface area contributed by atoms with Crippen LogP contribution >= 0.6 is 0 Å². The van der Waals surface area contributed by atoms with Crippen LogP contribution in [-0.2, 0) is 4.79 Å². The van der Waals surface area contributed by atoms with Crippen LogP contribution in [0.1, 0.15) is 11.7 Å². The maximum absolute atomic E-state index is 12.5. The first-order valence-electron chi connectivity index (χ1n) is 6.51. The van der Waals surface area contributed by atoms with E-state index in [1.165, 1.54) is 0 Å². The number of amides is 1. The Kier molecular flexibility index (Phi) is 3.06. The second-order valence-electron chi connectivity index (χ2n) is 4.74. The zero-order chi connectivity index (χ0) is 14.1. The van der Waals surface area contributed by atoms with Gasteiger partial charge < -0.3 is 15.0 Å². The number of nitrogens with one attached hydrogen (secondary N) is 1. The smallest absolute Gasteiger partial charge is 0.272 e. The monoisotopic (exact) mass is 268 g/mol. The lowest BCUT2D eigenvalue weighted by Gasteiger charge is -2.32. The standard InChI is InChI=1S/C16H16N2O2/c1-17-12-7-5-6-11(10-12)15-16(19)18(2)13-8-3-4-9-14(13)20-15/h3-10,15,17H,1-2H3. The molecule has 0 saturated carbocycles. The van der Waals surface area contributed by atoms with Gasteiger partial charge in [-0.3, -0.25) is 4.79 Å². The average molecular weight is 268 g/mol. The molecule has 0 radical (unpaired) electrons. The summed E-state index contributed by atoms with van der Waals surface area (Å²) in [6, 6.07) is 15.3. The highest BCUT2D eigenvalue weighted by Crippen LogP contribution is 2.38. The fraction of sp³-hybridized carbons (Fsp3) is 0.188. The van der Waals surface area contributed by atoms with E-state index in [-0.39, 0.29) is 5.91 Å². The van der Waals surface area contributed by atoms with Crippen LogP contribution in [0.2, 0.25) is 0 Å². The van der Waals surface area contributed by atoms with Crippen LogP contribution < -0.4 is 15.0 Å². The van der Waals surface area contributed by atoms with Crippen molar-refractivity contribution in [1.82, 2.24) is 0 Å². The van der Waals surface area contributed by atoms with Crippen LogP contribution in [-0.4, -0.2) is 20.0 Å². The van der Waals surface area contributed by atoms with Crippen LogP contribution in [0.3, 0.4) is 0 Å². The van der Waals surface area contributed by atoms with Crippen molar-refractivity contribution in [3.05, 3.63) is 54.1 Å². The molecule has 0 spiro atoms. The molecule has 0 bridgehead atoms. The molecule has 0 fully saturated rings. The number of hydrogen-bond donors (Lipinski definition) is 1. The van der Waals surface area contributed by atoms with Gasteiger partial charge in [-0.25, -0.2) is 0 Å². The van der Waals surface area contributed by atoms with Crippen molar-refractivity contribution in [2.75, 3.05) is 24.3 Å². The largest absolute Gasteiger partial charge is 0.474 e. The van der Waals surface area contributed by atoms with Gasteiger partial charge in [0, 0.05) is 25.3 Å². The number of para-hydroxylation sites is 2. The lowest BCUT2D eigenvalue weighted by Crippen LogP contribution is -2.38. The molecule has 4 nitrogen and oxygen atoms in total. The minimum Gasteiger partial charge on any atom is -0.474 e. The van der Waals surface area contributed by atoms with Gasteiger partial charge >= 0.3 is 0 Å². The van der Waals surface area contributed by atoms with Gasteiger partial charge in [0.05, 0.1) is 5.69 Å². The third-order valence-electron chi connectivity index (χ3n) is 3.50. The zero-order valence-electron chi connectivity index (χ0n) is 11.5. The Labute approximate surface area is 118 Å². The Hall–Kier alpha value is -2.49. The van der Waals surface area contributed by atoms with Gasteiger partial charge in [-0.15, -0.1) is 0 Å². The molecule has 0 aromatic heterocycles. The number of nitrogens with zero attached hydrogens (tertiary/aromatic N) is 1. The van der Waals surface area contributed by atoms with E-state index in [9.17, 15) is 4.79 Å². The molecule has 1 aliphatic heterocycles. The second kappa shape index (κ2) is 4.89. The molecule has 1 heterocycles. The number of carbonyl (C=O) groups is 1. The summed E-state index contributed by atoms with van der Waals surface area (Å²) in [6.45, 7) is 0. The van der Waals surface area contributed by atoms with Crippen LogP contribution in [0.5, 0.6) is 5.75 Å². The topological polar surface area (TPSA) is 41.6 Å². The lowest BCUT2D eigenvalue weighted by atomic mass is 10.1. The van der Waals surface area contributed by atoms with Crippen molar-refractivity contribution < 1.29 is 9.53 Å². The molecule has 3 rings (SSSR count). The third-order valence-corrected chi connectivity index (χ3v) is 3.50. The summed E-state index contributed by atoms with van der Waals surface area (Å²) in [7, 11) is 3.63. The second-order valence-corrected chi connectivity index (χ2v) is 4.74. The van der Waals surface area contributed by atoms with E-state index < -0.39 is 6.10 Å². The molecule has 2 aromatic rings. The van der Waals surface area contributed by atoms with Crippen LogP contribution in [0.4, 0.5) is 11.4 Å². The van der Waals surface area contributed by atoms with E-state index in [1.54, 1.807) is 11.9 Å². The van der Waals surface area contributed by atoms with Crippen LogP contribution in [0, 0.1) is 0 Å². The maximum Gasteiger partial charge on any atom is 0.272 e. The summed E-state index contributed by atoms with van der Waals surface area (Å²) in [5.74, 6) is 0.673. The zero-order valence-corrected chi connectivity index (χ0v) is 11.5. The Morgan fingerprint density at radius 2 is 1.95 bits per heavy atom. The molecule has 102 valence electrons. The van der Waals surface area contributed by atoms with Crippen molar-refractivity contribution in [2.45, 2.75) is 6.10 Å². The molecule has 2 aromatic carbocycles. The molecule has 1 unspecified atom stereocenters. The van der Waals surface area contributed by atoms with Gasteiger partial charge in [0.25, 0.3) is 5.91 Å². The quantitative estimate of drug-likeness (QED) is 0.910. The number of fused-ring (bicyclic) bond motifs is 1. The summed E-state index contributed by atoms with van der Waals surface area (Å²) in [4.78, 5) is 14.1. The summed E-state index contributed by atoms with van der Waals surface area (Å²) >= 11 is 0. The summed E-state index contributed by atoms with van der Waals surface area (Å²) < 4.78 is 5.88. The first-order valence-corrected chi connectivity index (χ1v) is 6.51. The first-order chi connectivity index (χ1) is 9.70. The van der Waals surface area contributed by atoms with Crippen molar-refractivity contribution in [3.8, 4) is 5.75 Å². The molecule has 1 atom stereocenters. The van der Waals surface area contributed by atoms with Gasteiger partial charge in [-0.05, 0) is 24.3 Å². The Morgan fingerprint density at radius 3 is 2.75 bits per heavy atom. The highest BCUT2D eigenvalue weighted by Gasteiger charge is 2.33. The lowest BCUT2D eigenvalue weighted by molar-refractivity contribution is -0.126. The predicted molar refractivity (Wildman–Crippen MR) is 79.2 cm³/mol. The van der Waals surface area contributed by atoms with E-state index in [0.717, 1.165) is 22.7 Å². The van der Waals surface area contributed by atoms with E-state index >= 15 is 0 Å². The molecule has 1 aliphatic rings. The van der Waals surface area contributed by atoms with E-state index in [0.29, 0.717) is 0 Å². The van der Waals surface area contributed by atoms with Crippen molar-refractivity contribution >= 4 is 17.3 Å². The first kappa shape index (κ1) is 12.5. The Balaban J connectivity index is 2.01. The number of benzene rings is 2. The van der Waals surface area contributed by atoms with Crippen molar-refractivity contribution in [2.24, 2.45) is 0 Å². The Bertz CT molecular complexity index is 654. The molecule has 1 N–H and O–H groups in total. The summed E-state index contributed by atoms with van der Waals surface area (Å²) in [5.41, 5.74) is 2.61. The summed E-state index contributed by atoms with van der Waals surface area (Å²) in [5, 5.41) is 3.07. The number of anilines is 2. The molecule has 1 amide bonds. The number of hydrogen-bond acceptors (Lipinski definition) is 3. The number of carbonyl (C=O) groups excluding carboxylic acids is 1. The molecule has 20 heavy (non-hydrogen) atoms. The minimum atomic E-state index is -0.594. The predicted octanol–water partition coefficient (Wildman–Crippen LogP) is 2.82. The van der Waals surface area contributed by atoms with Gasteiger partial charge in [0.15, 0.2) is 0 Å². The van der Waals surface area contributed by atoms with E-state index in [1.807, 2.05) is 55.6 Å². The fourth-order valence-corrected chi connectivity index (χ4v) is 2.37. The maximum atomic E-state index is 12.5. The third kappa shape index (κ3) is 1.99. The van der Waals surface area contributed by atoms with Crippen molar-refractivity contribution in [1.29, 1.82) is 0 Å². The Morgan fingerprint density at radius 1 is 1.15 bits per heavy atom. The van der Waals surface area contributed by atoms with Gasteiger partial charge in [-0.2, -0.15) is 0 Å². The molecule has 4 heteroatoms. The highest BCUT2D eigenvalue weighted by molar-refractivity contribution is 6.00. The molecular weight excluding hydrogens is 252 g/mol. The number of likely N-dealkylation sites (N-methyl/N-ethyl adjacent to an activating group) is 1. The fourth-order valence-electron chi connectivity index (χ4n) is 2.37. The van der Waals surface area contributed by atoms with Gasteiger partial charge in [-0.1, -0.05) is 24.3 Å². The van der Waals surface area contributed by atoms with Gasteiger partial charge in [0.2, 0.25) is 6.10 Å².